The molecule has 14 heavy (non-hydrogen) atoms. The third-order valence-electron chi connectivity index (χ3n) is 1.89. The fourth-order valence-corrected chi connectivity index (χ4v) is 1.10. The van der Waals surface area contributed by atoms with Crippen LogP contribution in [0, 0.1) is 6.92 Å². The molecule has 0 amide bonds. The van der Waals surface area contributed by atoms with E-state index >= 15 is 0 Å². The molecule has 0 aliphatic heterocycles. The summed E-state index contributed by atoms with van der Waals surface area (Å²) in [5, 5.41) is 0. The van der Waals surface area contributed by atoms with Crippen LogP contribution in [0.1, 0.15) is 18.1 Å². The minimum absolute atomic E-state index is 0.114. The molecule has 78 valence electrons. The van der Waals surface area contributed by atoms with Gasteiger partial charge in [0.25, 0.3) is 0 Å². The van der Waals surface area contributed by atoms with E-state index in [2.05, 4.69) is 4.74 Å². The monoisotopic (exact) mass is 204 g/mol. The highest BCUT2D eigenvalue weighted by molar-refractivity contribution is 5.36. The summed E-state index contributed by atoms with van der Waals surface area (Å²) in [6.45, 7) is 3.46. The van der Waals surface area contributed by atoms with Crippen LogP contribution in [0.25, 0.3) is 0 Å². The highest BCUT2D eigenvalue weighted by Gasteiger charge is 2.31. The molecule has 0 atom stereocenters. The standard InChI is InChI=1S/C10H11F3O/c1-3-8-5-4-7(2)9(6-8)14-10(11,12)13/h4-6H,3H2,1-2H3. The Hall–Kier alpha value is -1.19. The Morgan fingerprint density at radius 3 is 2.43 bits per heavy atom. The Kier molecular flexibility index (Phi) is 3.03. The fourth-order valence-electron chi connectivity index (χ4n) is 1.10. The lowest BCUT2D eigenvalue weighted by Gasteiger charge is -2.12. The third kappa shape index (κ3) is 2.94. The van der Waals surface area contributed by atoms with Crippen molar-refractivity contribution >= 4 is 0 Å². The van der Waals surface area contributed by atoms with Crippen LogP contribution in [0.2, 0.25) is 0 Å². The van der Waals surface area contributed by atoms with Crippen LogP contribution >= 0.6 is 0 Å². The maximum absolute atomic E-state index is 11.9. The molecule has 0 N–H and O–H groups in total. The van der Waals surface area contributed by atoms with Crippen LogP contribution in [0.5, 0.6) is 5.75 Å². The van der Waals surface area contributed by atoms with E-state index in [0.29, 0.717) is 12.0 Å². The summed E-state index contributed by atoms with van der Waals surface area (Å²) in [6, 6.07) is 4.83. The topological polar surface area (TPSA) is 9.23 Å². The molecule has 4 heteroatoms. The molecule has 0 unspecified atom stereocenters. The molecule has 0 heterocycles. The van der Waals surface area contributed by atoms with Gasteiger partial charge in [0.2, 0.25) is 0 Å². The van der Waals surface area contributed by atoms with Gasteiger partial charge in [-0.3, -0.25) is 0 Å². The van der Waals surface area contributed by atoms with Crippen LogP contribution in [-0.4, -0.2) is 6.36 Å². The molecule has 0 saturated heterocycles. The molecule has 0 aliphatic rings. The number of ether oxygens (including phenoxy) is 1. The van der Waals surface area contributed by atoms with Crippen molar-refractivity contribution < 1.29 is 17.9 Å². The second-order valence-electron chi connectivity index (χ2n) is 3.00. The van der Waals surface area contributed by atoms with Gasteiger partial charge in [-0.15, -0.1) is 13.2 Å². The van der Waals surface area contributed by atoms with Crippen LogP contribution < -0.4 is 4.74 Å². The molecular weight excluding hydrogens is 193 g/mol. The fraction of sp³-hybridized carbons (Fsp3) is 0.400. The first-order valence-electron chi connectivity index (χ1n) is 4.27. The van der Waals surface area contributed by atoms with E-state index in [9.17, 15) is 13.2 Å². The zero-order valence-electron chi connectivity index (χ0n) is 7.98. The number of rotatable bonds is 2. The number of halogens is 3. The van der Waals surface area contributed by atoms with E-state index in [-0.39, 0.29) is 5.75 Å². The summed E-state index contributed by atoms with van der Waals surface area (Å²) in [5.41, 5.74) is 1.31. The third-order valence-corrected chi connectivity index (χ3v) is 1.89. The van der Waals surface area contributed by atoms with Crippen molar-refractivity contribution in [2.24, 2.45) is 0 Å². The van der Waals surface area contributed by atoms with Gasteiger partial charge >= 0.3 is 6.36 Å². The van der Waals surface area contributed by atoms with Gasteiger partial charge in [-0.2, -0.15) is 0 Å². The molecule has 1 aromatic carbocycles. The van der Waals surface area contributed by atoms with Crippen LogP contribution in [-0.2, 0) is 6.42 Å². The SMILES string of the molecule is CCc1ccc(C)c(OC(F)(F)F)c1. The zero-order chi connectivity index (χ0) is 10.8. The number of benzene rings is 1. The summed E-state index contributed by atoms with van der Waals surface area (Å²) in [4.78, 5) is 0. The molecule has 1 aromatic rings. The molecule has 0 bridgehead atoms. The van der Waals surface area contributed by atoms with Gasteiger partial charge in [0.15, 0.2) is 0 Å². The minimum Gasteiger partial charge on any atom is -0.406 e. The van der Waals surface area contributed by atoms with Gasteiger partial charge in [-0.25, -0.2) is 0 Å². The summed E-state index contributed by atoms with van der Waals surface area (Å²) in [7, 11) is 0. The van der Waals surface area contributed by atoms with Crippen molar-refractivity contribution in [3.63, 3.8) is 0 Å². The Morgan fingerprint density at radius 1 is 1.29 bits per heavy atom. The largest absolute Gasteiger partial charge is 0.573 e. The van der Waals surface area contributed by atoms with Crippen molar-refractivity contribution in [1.82, 2.24) is 0 Å². The lowest BCUT2D eigenvalue weighted by atomic mass is 10.1. The lowest BCUT2D eigenvalue weighted by Crippen LogP contribution is -2.17. The smallest absolute Gasteiger partial charge is 0.406 e. The van der Waals surface area contributed by atoms with Gasteiger partial charge < -0.3 is 4.74 Å². The zero-order valence-corrected chi connectivity index (χ0v) is 7.98. The van der Waals surface area contributed by atoms with Crippen molar-refractivity contribution in [1.29, 1.82) is 0 Å². The van der Waals surface area contributed by atoms with E-state index in [1.54, 1.807) is 19.1 Å². The molecule has 1 nitrogen and oxygen atoms in total. The number of hydrogen-bond donors (Lipinski definition) is 0. The lowest BCUT2D eigenvalue weighted by molar-refractivity contribution is -0.274. The molecule has 0 fully saturated rings. The average Bonchev–Trinajstić information content (AvgIpc) is 2.06. The molecule has 1 rings (SSSR count). The second-order valence-corrected chi connectivity index (χ2v) is 3.00. The first-order valence-corrected chi connectivity index (χ1v) is 4.27. The number of alkyl halides is 3. The van der Waals surface area contributed by atoms with Crippen molar-refractivity contribution in [3.05, 3.63) is 29.3 Å². The molecule has 0 radical (unpaired) electrons. The molecule has 0 aliphatic carbocycles. The van der Waals surface area contributed by atoms with E-state index in [1.165, 1.54) is 6.07 Å². The van der Waals surface area contributed by atoms with Crippen molar-refractivity contribution in [2.45, 2.75) is 26.6 Å². The molecular formula is C10H11F3O. The molecule has 0 aromatic heterocycles. The maximum atomic E-state index is 11.9. The minimum atomic E-state index is -4.61. The summed E-state index contributed by atoms with van der Waals surface area (Å²) < 4.78 is 39.7. The summed E-state index contributed by atoms with van der Waals surface area (Å²) in [6.07, 6.45) is -3.92. The van der Waals surface area contributed by atoms with E-state index in [4.69, 9.17) is 0 Å². The van der Waals surface area contributed by atoms with Crippen LogP contribution in [0.4, 0.5) is 13.2 Å². The van der Waals surface area contributed by atoms with Crippen molar-refractivity contribution in [3.8, 4) is 5.75 Å². The Balaban J connectivity index is 2.95. The number of hydrogen-bond acceptors (Lipinski definition) is 1. The van der Waals surface area contributed by atoms with E-state index in [0.717, 1.165) is 5.56 Å². The predicted molar refractivity (Wildman–Crippen MR) is 47.2 cm³/mol. The van der Waals surface area contributed by atoms with E-state index in [1.807, 2.05) is 6.92 Å². The van der Waals surface area contributed by atoms with Gasteiger partial charge in [0.05, 0.1) is 0 Å². The predicted octanol–water partition coefficient (Wildman–Crippen LogP) is 3.46. The Labute approximate surface area is 80.5 Å². The number of aryl methyl sites for hydroxylation is 2. The highest BCUT2D eigenvalue weighted by atomic mass is 19.4. The van der Waals surface area contributed by atoms with Crippen LogP contribution in [0.3, 0.4) is 0 Å². The van der Waals surface area contributed by atoms with Gasteiger partial charge in [-0.05, 0) is 30.5 Å². The summed E-state index contributed by atoms with van der Waals surface area (Å²) in [5.74, 6) is -0.114. The van der Waals surface area contributed by atoms with E-state index < -0.39 is 6.36 Å². The molecule has 0 spiro atoms. The quantitative estimate of drug-likeness (QED) is 0.716. The highest BCUT2D eigenvalue weighted by Crippen LogP contribution is 2.26. The average molecular weight is 204 g/mol. The normalized spacial score (nSPS) is 11.5. The molecule has 0 saturated carbocycles. The van der Waals surface area contributed by atoms with Crippen LogP contribution in [0.15, 0.2) is 18.2 Å². The van der Waals surface area contributed by atoms with Gasteiger partial charge in [0, 0.05) is 0 Å². The van der Waals surface area contributed by atoms with Gasteiger partial charge in [0.1, 0.15) is 5.75 Å². The summed E-state index contributed by atoms with van der Waals surface area (Å²) >= 11 is 0. The van der Waals surface area contributed by atoms with Crippen molar-refractivity contribution in [2.75, 3.05) is 0 Å². The second kappa shape index (κ2) is 3.90. The Bertz CT molecular complexity index is 318. The maximum Gasteiger partial charge on any atom is 0.573 e. The first-order chi connectivity index (χ1) is 6.42. The van der Waals surface area contributed by atoms with Gasteiger partial charge in [-0.1, -0.05) is 19.1 Å². The Morgan fingerprint density at radius 2 is 1.93 bits per heavy atom. The first kappa shape index (κ1) is 10.9.